The van der Waals surface area contributed by atoms with Gasteiger partial charge in [0.05, 0.1) is 11.1 Å². The molecule has 138 valence electrons. The summed E-state index contributed by atoms with van der Waals surface area (Å²) in [6.45, 7) is 0. The average Bonchev–Trinajstić information content (AvgIpc) is 2.69. The van der Waals surface area contributed by atoms with Gasteiger partial charge < -0.3 is 0 Å². The maximum atomic E-state index is 12.6. The molecule has 2 aliphatic carbocycles. The first kappa shape index (κ1) is 17.4. The lowest BCUT2D eigenvalue weighted by atomic mass is 9.48. The molecule has 2 unspecified atom stereocenters. The Bertz CT molecular complexity index is 852. The summed E-state index contributed by atoms with van der Waals surface area (Å²) in [7, 11) is 0. The summed E-state index contributed by atoms with van der Waals surface area (Å²) in [6, 6.07) is 16.5. The van der Waals surface area contributed by atoms with Crippen LogP contribution >= 0.6 is 0 Å². The molecule has 2 bridgehead atoms. The van der Waals surface area contributed by atoms with E-state index in [2.05, 4.69) is 34.8 Å². The van der Waals surface area contributed by atoms with Crippen molar-refractivity contribution in [3.8, 4) is 0 Å². The van der Waals surface area contributed by atoms with Crippen LogP contribution in [0.15, 0.2) is 59.7 Å². The molecule has 0 saturated heterocycles. The summed E-state index contributed by atoms with van der Waals surface area (Å²) in [5, 5.41) is 14.7. The average molecular weight is 363 g/mol. The molecule has 2 fully saturated rings. The molecular formula is C21H21N3O3. The maximum absolute atomic E-state index is 12.6. The summed E-state index contributed by atoms with van der Waals surface area (Å²) in [6.07, 6.45) is 4.87. The summed E-state index contributed by atoms with van der Waals surface area (Å²) < 4.78 is 0. The Labute approximate surface area is 157 Å². The number of rotatable bonds is 5. The second-order valence-electron chi connectivity index (χ2n) is 7.30. The Morgan fingerprint density at radius 1 is 1.07 bits per heavy atom. The molecule has 2 aromatic rings. The Morgan fingerprint density at radius 3 is 2.37 bits per heavy atom. The van der Waals surface area contributed by atoms with Crippen LogP contribution in [0.2, 0.25) is 0 Å². The predicted octanol–water partition coefficient (Wildman–Crippen LogP) is 3.87. The molecule has 27 heavy (non-hydrogen) atoms. The van der Waals surface area contributed by atoms with Gasteiger partial charge in [0.1, 0.15) is 0 Å². The van der Waals surface area contributed by atoms with Gasteiger partial charge in [-0.1, -0.05) is 36.8 Å². The van der Waals surface area contributed by atoms with Crippen molar-refractivity contribution in [1.29, 1.82) is 0 Å². The molecule has 2 aromatic carbocycles. The number of carbonyl (C=O) groups is 1. The van der Waals surface area contributed by atoms with E-state index in [4.69, 9.17) is 0 Å². The zero-order valence-electron chi connectivity index (χ0n) is 14.8. The number of carbonyl (C=O) groups excluding carboxylic acids is 1. The van der Waals surface area contributed by atoms with Crippen molar-refractivity contribution in [3.05, 3.63) is 75.8 Å². The van der Waals surface area contributed by atoms with Crippen LogP contribution in [0.25, 0.3) is 0 Å². The molecule has 0 aromatic heterocycles. The molecule has 2 saturated carbocycles. The summed E-state index contributed by atoms with van der Waals surface area (Å²) in [4.78, 5) is 22.9. The number of nitrogens with one attached hydrogen (secondary N) is 1. The van der Waals surface area contributed by atoms with Crippen molar-refractivity contribution < 1.29 is 9.72 Å². The van der Waals surface area contributed by atoms with Gasteiger partial charge in [-0.2, -0.15) is 5.10 Å². The lowest BCUT2D eigenvalue weighted by Crippen LogP contribution is -2.54. The van der Waals surface area contributed by atoms with Gasteiger partial charge >= 0.3 is 0 Å². The topological polar surface area (TPSA) is 84.6 Å². The minimum absolute atomic E-state index is 0.0185. The van der Waals surface area contributed by atoms with Gasteiger partial charge in [0, 0.05) is 18.1 Å². The third-order valence-electron chi connectivity index (χ3n) is 5.90. The fourth-order valence-electron chi connectivity index (χ4n) is 4.73. The monoisotopic (exact) mass is 363 g/mol. The van der Waals surface area contributed by atoms with Crippen LogP contribution in [0, 0.1) is 27.9 Å². The van der Waals surface area contributed by atoms with Crippen molar-refractivity contribution in [3.63, 3.8) is 0 Å². The predicted molar refractivity (Wildman–Crippen MR) is 102 cm³/mol. The lowest BCUT2D eigenvalue weighted by Gasteiger charge is -2.55. The molecule has 0 heterocycles. The van der Waals surface area contributed by atoms with E-state index in [0.29, 0.717) is 23.3 Å². The molecule has 2 aliphatic rings. The van der Waals surface area contributed by atoms with E-state index in [0.717, 1.165) is 12.8 Å². The van der Waals surface area contributed by atoms with E-state index in [1.54, 1.807) is 12.1 Å². The number of nitro benzene ring substituents is 1. The van der Waals surface area contributed by atoms with Gasteiger partial charge in [-0.25, -0.2) is 5.43 Å². The van der Waals surface area contributed by atoms with Gasteiger partial charge in [0.15, 0.2) is 0 Å². The molecule has 0 aliphatic heterocycles. The Balaban J connectivity index is 1.38. The van der Waals surface area contributed by atoms with E-state index in [-0.39, 0.29) is 17.5 Å². The van der Waals surface area contributed by atoms with Gasteiger partial charge in [-0.05, 0) is 53.9 Å². The Morgan fingerprint density at radius 2 is 1.74 bits per heavy atom. The number of benzene rings is 2. The number of nitro groups is 1. The summed E-state index contributed by atoms with van der Waals surface area (Å²) >= 11 is 0. The van der Waals surface area contributed by atoms with Crippen molar-refractivity contribution >= 4 is 17.8 Å². The van der Waals surface area contributed by atoms with Crippen LogP contribution < -0.4 is 5.43 Å². The van der Waals surface area contributed by atoms with Gasteiger partial charge in [-0.3, -0.25) is 14.9 Å². The minimum atomic E-state index is -0.443. The zero-order valence-corrected chi connectivity index (χ0v) is 14.8. The van der Waals surface area contributed by atoms with Crippen molar-refractivity contribution in [1.82, 2.24) is 5.43 Å². The number of hydrogen-bond donors (Lipinski definition) is 1. The molecule has 1 N–H and O–H groups in total. The first-order valence-corrected chi connectivity index (χ1v) is 9.27. The van der Waals surface area contributed by atoms with E-state index < -0.39 is 4.92 Å². The fraction of sp³-hybridized carbons (Fsp3) is 0.333. The van der Waals surface area contributed by atoms with Crippen LogP contribution in [-0.4, -0.2) is 17.0 Å². The van der Waals surface area contributed by atoms with Gasteiger partial charge in [0.2, 0.25) is 5.91 Å². The number of hydrazone groups is 1. The Hall–Kier alpha value is -3.02. The van der Waals surface area contributed by atoms with Crippen LogP contribution in [0.1, 0.15) is 36.3 Å². The fourth-order valence-corrected chi connectivity index (χ4v) is 4.73. The third kappa shape index (κ3) is 3.35. The van der Waals surface area contributed by atoms with Crippen molar-refractivity contribution in [2.24, 2.45) is 22.9 Å². The molecule has 1 amide bonds. The standard InChI is InChI=1S/C21H21N3O3/c25-21(23-22-13-14-9-11-16(12-10-14)24(26)27)20-17-7-4-8-18(20)19(17)15-5-2-1-3-6-15/h1-3,5-6,9-13,17-20H,4,7-8H2,(H,23,25)/b22-13+. The van der Waals surface area contributed by atoms with Crippen molar-refractivity contribution in [2.45, 2.75) is 25.2 Å². The van der Waals surface area contributed by atoms with Crippen LogP contribution in [0.5, 0.6) is 0 Å². The molecule has 4 rings (SSSR count). The van der Waals surface area contributed by atoms with E-state index in [1.807, 2.05) is 6.07 Å². The van der Waals surface area contributed by atoms with Crippen LogP contribution in [-0.2, 0) is 4.79 Å². The Kier molecular flexibility index (Phi) is 4.71. The highest BCUT2D eigenvalue weighted by molar-refractivity contribution is 5.84. The minimum Gasteiger partial charge on any atom is -0.273 e. The quantitative estimate of drug-likeness (QED) is 0.497. The normalized spacial score (nSPS) is 26.4. The molecule has 6 heteroatoms. The number of hydrogen-bond acceptors (Lipinski definition) is 4. The zero-order chi connectivity index (χ0) is 18.8. The second-order valence-corrected chi connectivity index (χ2v) is 7.30. The molecule has 0 radical (unpaired) electrons. The SMILES string of the molecule is O=C(N/N=C/c1ccc([N+](=O)[O-])cc1)C1C2CCCC1C2c1ccccc1. The molecule has 0 spiro atoms. The summed E-state index contributed by atoms with van der Waals surface area (Å²) in [5.74, 6) is 1.27. The third-order valence-corrected chi connectivity index (χ3v) is 5.90. The summed E-state index contributed by atoms with van der Waals surface area (Å²) in [5.41, 5.74) is 4.74. The molecule has 2 atom stereocenters. The smallest absolute Gasteiger partial charge is 0.269 e. The number of nitrogens with zero attached hydrogens (tertiary/aromatic N) is 2. The van der Waals surface area contributed by atoms with Gasteiger partial charge in [-0.15, -0.1) is 0 Å². The van der Waals surface area contributed by atoms with E-state index in [9.17, 15) is 14.9 Å². The lowest BCUT2D eigenvalue weighted by molar-refractivity contribution is -0.384. The second kappa shape index (κ2) is 7.31. The number of non-ortho nitro benzene ring substituents is 1. The van der Waals surface area contributed by atoms with Gasteiger partial charge in [0.25, 0.3) is 5.69 Å². The van der Waals surface area contributed by atoms with Crippen LogP contribution in [0.3, 0.4) is 0 Å². The highest BCUT2D eigenvalue weighted by Crippen LogP contribution is 2.59. The molecule has 6 nitrogen and oxygen atoms in total. The largest absolute Gasteiger partial charge is 0.273 e. The maximum Gasteiger partial charge on any atom is 0.269 e. The molecular weight excluding hydrogens is 342 g/mol. The number of fused-ring (bicyclic) bond motifs is 2. The number of amides is 1. The van der Waals surface area contributed by atoms with E-state index >= 15 is 0 Å². The highest BCUT2D eigenvalue weighted by atomic mass is 16.6. The first-order chi connectivity index (χ1) is 13.1. The highest BCUT2D eigenvalue weighted by Gasteiger charge is 2.55. The van der Waals surface area contributed by atoms with Crippen LogP contribution in [0.4, 0.5) is 5.69 Å². The first-order valence-electron chi connectivity index (χ1n) is 9.27. The van der Waals surface area contributed by atoms with Crippen molar-refractivity contribution in [2.75, 3.05) is 0 Å². The van der Waals surface area contributed by atoms with E-state index in [1.165, 1.54) is 30.3 Å².